The third-order valence-corrected chi connectivity index (χ3v) is 4.85. The van der Waals surface area contributed by atoms with Gasteiger partial charge in [0, 0.05) is 29.9 Å². The summed E-state index contributed by atoms with van der Waals surface area (Å²) in [6, 6.07) is 5.97. The molecule has 0 saturated heterocycles. The number of aryl methyl sites for hydroxylation is 2. The van der Waals surface area contributed by atoms with Gasteiger partial charge in [0.2, 0.25) is 5.78 Å². The number of allylic oxidation sites excluding steroid dienone is 2. The fourth-order valence-electron chi connectivity index (χ4n) is 2.80. The molecule has 4 heteroatoms. The molecule has 3 aromatic rings. The van der Waals surface area contributed by atoms with Gasteiger partial charge in [-0.15, -0.1) is 11.3 Å². The van der Waals surface area contributed by atoms with Crippen molar-refractivity contribution in [3.8, 4) is 0 Å². The van der Waals surface area contributed by atoms with Gasteiger partial charge in [-0.25, -0.2) is 0 Å². The van der Waals surface area contributed by atoms with Crippen LogP contribution in [-0.2, 0) is 6.54 Å². The highest BCUT2D eigenvalue weighted by atomic mass is 32.1. The van der Waals surface area contributed by atoms with Crippen molar-refractivity contribution in [2.45, 2.75) is 27.3 Å². The van der Waals surface area contributed by atoms with Gasteiger partial charge in [-0.1, -0.05) is 6.08 Å². The fraction of sp³-hybridized carbons (Fsp3) is 0.222. The zero-order valence-corrected chi connectivity index (χ0v) is 13.8. The summed E-state index contributed by atoms with van der Waals surface area (Å²) in [4.78, 5) is 18.3. The number of ketones is 1. The number of nitrogens with zero attached hydrogens (tertiary/aromatic N) is 2. The Labute approximate surface area is 133 Å². The van der Waals surface area contributed by atoms with Crippen molar-refractivity contribution in [1.82, 2.24) is 9.55 Å². The molecule has 3 aromatic heterocycles. The lowest BCUT2D eigenvalue weighted by Gasteiger charge is -2.11. The first-order chi connectivity index (χ1) is 10.7. The highest BCUT2D eigenvalue weighted by Crippen LogP contribution is 2.29. The van der Waals surface area contributed by atoms with Crippen LogP contribution in [0.25, 0.3) is 15.8 Å². The fourth-order valence-corrected chi connectivity index (χ4v) is 3.76. The molecule has 0 radical (unpaired) electrons. The number of pyridine rings is 1. The second-order valence-corrected chi connectivity index (χ2v) is 6.07. The van der Waals surface area contributed by atoms with E-state index in [1.165, 1.54) is 0 Å². The summed E-state index contributed by atoms with van der Waals surface area (Å²) in [5.74, 6) is 0.0713. The third kappa shape index (κ3) is 2.29. The summed E-state index contributed by atoms with van der Waals surface area (Å²) >= 11 is 1.68. The molecule has 0 N–H and O–H groups in total. The van der Waals surface area contributed by atoms with E-state index in [-0.39, 0.29) is 5.78 Å². The molecule has 112 valence electrons. The SMILES string of the molecule is C/C=C(/C(=O)c1cc2ccsc2n1CC)c1ccncc1C. The number of fused-ring (bicyclic) bond motifs is 1. The Morgan fingerprint density at radius 1 is 1.41 bits per heavy atom. The van der Waals surface area contributed by atoms with Crippen LogP contribution >= 0.6 is 11.3 Å². The van der Waals surface area contributed by atoms with Crippen molar-refractivity contribution in [2.75, 3.05) is 0 Å². The monoisotopic (exact) mass is 310 g/mol. The molecule has 0 saturated carbocycles. The van der Waals surface area contributed by atoms with E-state index in [0.29, 0.717) is 0 Å². The number of carbonyl (C=O) groups excluding carboxylic acids is 1. The number of rotatable bonds is 4. The zero-order chi connectivity index (χ0) is 15.7. The number of carbonyl (C=O) groups is 1. The van der Waals surface area contributed by atoms with Crippen LogP contribution in [0.1, 0.15) is 35.5 Å². The Balaban J connectivity index is 2.12. The molecule has 0 unspecified atom stereocenters. The number of aromatic nitrogens is 2. The normalized spacial score (nSPS) is 12.0. The minimum absolute atomic E-state index is 0.0713. The molecule has 3 rings (SSSR count). The van der Waals surface area contributed by atoms with Gasteiger partial charge in [0.05, 0.1) is 5.69 Å². The Bertz CT molecular complexity index is 870. The van der Waals surface area contributed by atoms with Crippen LogP contribution in [0.15, 0.2) is 42.0 Å². The molecule has 0 bridgehead atoms. The lowest BCUT2D eigenvalue weighted by molar-refractivity contribution is 0.104. The largest absolute Gasteiger partial charge is 0.330 e. The first-order valence-corrected chi connectivity index (χ1v) is 8.24. The van der Waals surface area contributed by atoms with Crippen molar-refractivity contribution in [2.24, 2.45) is 0 Å². The van der Waals surface area contributed by atoms with Gasteiger partial charge in [0.15, 0.2) is 0 Å². The second kappa shape index (κ2) is 5.89. The second-order valence-electron chi connectivity index (χ2n) is 5.18. The Hall–Kier alpha value is -2.20. The predicted octanol–water partition coefficient (Wildman–Crippen LogP) is 4.71. The highest BCUT2D eigenvalue weighted by molar-refractivity contribution is 7.16. The maximum absolute atomic E-state index is 13.1. The molecule has 0 aliphatic heterocycles. The van der Waals surface area contributed by atoms with E-state index in [1.807, 2.05) is 32.1 Å². The predicted molar refractivity (Wildman–Crippen MR) is 92.4 cm³/mol. The summed E-state index contributed by atoms with van der Waals surface area (Å²) in [6.07, 6.45) is 5.42. The van der Waals surface area contributed by atoms with Gasteiger partial charge in [-0.05, 0) is 55.5 Å². The van der Waals surface area contributed by atoms with E-state index >= 15 is 0 Å². The Morgan fingerprint density at radius 2 is 2.23 bits per heavy atom. The van der Waals surface area contributed by atoms with Crippen molar-refractivity contribution in [3.63, 3.8) is 0 Å². The van der Waals surface area contributed by atoms with Crippen LogP contribution in [0.3, 0.4) is 0 Å². The van der Waals surface area contributed by atoms with Crippen LogP contribution in [0.4, 0.5) is 0 Å². The topological polar surface area (TPSA) is 34.9 Å². The standard InChI is InChI=1S/C18H18N2OS/c1-4-14(15-6-8-19-11-12(15)3)17(21)16-10-13-7-9-22-18(13)20(16)5-2/h4,6-11H,5H2,1-3H3/b14-4+. The Morgan fingerprint density at radius 3 is 2.91 bits per heavy atom. The van der Waals surface area contributed by atoms with E-state index < -0.39 is 0 Å². The first-order valence-electron chi connectivity index (χ1n) is 7.36. The average Bonchev–Trinajstić information content (AvgIpc) is 3.10. The summed E-state index contributed by atoms with van der Waals surface area (Å²) < 4.78 is 2.10. The molecule has 22 heavy (non-hydrogen) atoms. The summed E-state index contributed by atoms with van der Waals surface area (Å²) in [5.41, 5.74) is 3.46. The van der Waals surface area contributed by atoms with Crippen molar-refractivity contribution < 1.29 is 4.79 Å². The lowest BCUT2D eigenvalue weighted by Crippen LogP contribution is -2.10. The molecule has 0 aromatic carbocycles. The van der Waals surface area contributed by atoms with E-state index in [2.05, 4.69) is 27.9 Å². The lowest BCUT2D eigenvalue weighted by atomic mass is 9.97. The van der Waals surface area contributed by atoms with Gasteiger partial charge in [0.1, 0.15) is 4.83 Å². The van der Waals surface area contributed by atoms with Gasteiger partial charge in [-0.2, -0.15) is 0 Å². The minimum atomic E-state index is 0.0713. The van der Waals surface area contributed by atoms with Gasteiger partial charge >= 0.3 is 0 Å². The number of hydrogen-bond donors (Lipinski definition) is 0. The van der Waals surface area contributed by atoms with E-state index in [9.17, 15) is 4.79 Å². The van der Waals surface area contributed by atoms with E-state index in [1.54, 1.807) is 23.7 Å². The molecule has 0 fully saturated rings. The highest BCUT2D eigenvalue weighted by Gasteiger charge is 2.20. The van der Waals surface area contributed by atoms with Crippen LogP contribution in [0.2, 0.25) is 0 Å². The first kappa shape index (κ1) is 14.7. The van der Waals surface area contributed by atoms with E-state index in [4.69, 9.17) is 0 Å². The van der Waals surface area contributed by atoms with E-state index in [0.717, 1.165) is 39.2 Å². The van der Waals surface area contributed by atoms with Gasteiger partial charge in [0.25, 0.3) is 0 Å². The Kier molecular flexibility index (Phi) is 3.94. The molecule has 0 aliphatic carbocycles. The van der Waals surface area contributed by atoms with Crippen LogP contribution < -0.4 is 0 Å². The van der Waals surface area contributed by atoms with Crippen LogP contribution in [0.5, 0.6) is 0 Å². The molecular formula is C18H18N2OS. The molecule has 3 nitrogen and oxygen atoms in total. The summed E-state index contributed by atoms with van der Waals surface area (Å²) in [5, 5.41) is 3.20. The van der Waals surface area contributed by atoms with Crippen LogP contribution in [0, 0.1) is 6.92 Å². The van der Waals surface area contributed by atoms with Crippen LogP contribution in [-0.4, -0.2) is 15.3 Å². The maximum Gasteiger partial charge on any atom is 0.209 e. The number of thiophene rings is 1. The molecular weight excluding hydrogens is 292 g/mol. The molecule has 0 amide bonds. The van der Waals surface area contributed by atoms with Crippen molar-refractivity contribution in [3.05, 3.63) is 58.9 Å². The minimum Gasteiger partial charge on any atom is -0.330 e. The van der Waals surface area contributed by atoms with Gasteiger partial charge < -0.3 is 4.57 Å². The number of hydrogen-bond acceptors (Lipinski definition) is 3. The molecule has 0 spiro atoms. The van der Waals surface area contributed by atoms with Gasteiger partial charge in [-0.3, -0.25) is 9.78 Å². The molecule has 3 heterocycles. The summed E-state index contributed by atoms with van der Waals surface area (Å²) in [6.45, 7) is 6.76. The zero-order valence-electron chi connectivity index (χ0n) is 13.0. The smallest absolute Gasteiger partial charge is 0.209 e. The third-order valence-electron chi connectivity index (χ3n) is 3.90. The van der Waals surface area contributed by atoms with Crippen molar-refractivity contribution in [1.29, 1.82) is 0 Å². The summed E-state index contributed by atoms with van der Waals surface area (Å²) in [7, 11) is 0. The number of Topliss-reactive ketones (excluding diaryl/α,β-unsaturated/α-hetero) is 1. The quantitative estimate of drug-likeness (QED) is 0.516. The van der Waals surface area contributed by atoms with Crippen molar-refractivity contribution >= 4 is 32.9 Å². The molecule has 0 atom stereocenters. The molecule has 0 aliphatic rings. The average molecular weight is 310 g/mol. The maximum atomic E-state index is 13.1.